The van der Waals surface area contributed by atoms with Gasteiger partial charge in [-0.05, 0) is 7.05 Å². The van der Waals surface area contributed by atoms with Crippen LogP contribution in [0, 0.1) is 0 Å². The van der Waals surface area contributed by atoms with Gasteiger partial charge in [-0.3, -0.25) is 9.69 Å². The maximum Gasteiger partial charge on any atom is 0.223 e. The van der Waals surface area contributed by atoms with Crippen molar-refractivity contribution in [1.29, 1.82) is 0 Å². The summed E-state index contributed by atoms with van der Waals surface area (Å²) in [5.74, 6) is -0.311. The molecule has 6 heteroatoms. The molecule has 0 bridgehead atoms. The van der Waals surface area contributed by atoms with Crippen LogP contribution in [-0.2, 0) is 20.2 Å². The molecular weight excluding hydrogens is 224 g/mol. The van der Waals surface area contributed by atoms with Crippen molar-refractivity contribution in [3.63, 3.8) is 0 Å². The van der Waals surface area contributed by atoms with Crippen molar-refractivity contribution < 1.29 is 15.3 Å². The molecule has 1 aromatic rings. The number of aromatic hydroxyl groups is 1. The van der Waals surface area contributed by atoms with Gasteiger partial charge in [0.2, 0.25) is 5.43 Å². The summed E-state index contributed by atoms with van der Waals surface area (Å²) in [7, 11) is 3.44. The van der Waals surface area contributed by atoms with Gasteiger partial charge in [-0.1, -0.05) is 0 Å². The molecule has 6 nitrogen and oxygen atoms in total. The maximum atomic E-state index is 11.5. The largest absolute Gasteiger partial charge is 0.503 e. The molecule has 1 heterocycles. The van der Waals surface area contributed by atoms with Gasteiger partial charge >= 0.3 is 0 Å². The first-order valence-electron chi connectivity index (χ1n) is 5.32. The molecular formula is C11H18N2O4. The normalized spacial score (nSPS) is 11.1. The van der Waals surface area contributed by atoms with Crippen LogP contribution >= 0.6 is 0 Å². The first-order chi connectivity index (χ1) is 8.01. The number of nitrogens with zero attached hydrogens (tertiary/aromatic N) is 2. The van der Waals surface area contributed by atoms with Crippen molar-refractivity contribution in [2.45, 2.75) is 13.2 Å². The molecule has 0 aliphatic heterocycles. The van der Waals surface area contributed by atoms with Crippen molar-refractivity contribution in [1.82, 2.24) is 9.47 Å². The third-order valence-electron chi connectivity index (χ3n) is 2.70. The van der Waals surface area contributed by atoms with Crippen molar-refractivity contribution in [2.75, 3.05) is 20.2 Å². The molecule has 17 heavy (non-hydrogen) atoms. The van der Waals surface area contributed by atoms with Gasteiger partial charge < -0.3 is 19.9 Å². The van der Waals surface area contributed by atoms with E-state index in [-0.39, 0.29) is 19.0 Å². The highest BCUT2D eigenvalue weighted by Gasteiger charge is 2.13. The van der Waals surface area contributed by atoms with Crippen molar-refractivity contribution in [3.8, 4) is 5.75 Å². The second kappa shape index (κ2) is 5.81. The van der Waals surface area contributed by atoms with E-state index in [1.54, 1.807) is 23.6 Å². The number of hydrogen-bond donors (Lipinski definition) is 3. The van der Waals surface area contributed by atoms with E-state index in [0.717, 1.165) is 0 Å². The number of aliphatic hydroxyl groups excluding tert-OH is 2. The lowest BCUT2D eigenvalue weighted by Crippen LogP contribution is -2.26. The molecule has 0 amide bonds. The van der Waals surface area contributed by atoms with Gasteiger partial charge in [0.15, 0.2) is 5.75 Å². The Hall–Kier alpha value is -1.37. The van der Waals surface area contributed by atoms with Crippen LogP contribution in [0.25, 0.3) is 0 Å². The molecule has 0 fully saturated rings. The Kier molecular flexibility index (Phi) is 4.68. The number of aliphatic hydroxyl groups is 2. The molecule has 0 saturated carbocycles. The van der Waals surface area contributed by atoms with Crippen LogP contribution in [-0.4, -0.2) is 45.0 Å². The molecule has 0 saturated heterocycles. The summed E-state index contributed by atoms with van der Waals surface area (Å²) < 4.78 is 1.59. The first kappa shape index (κ1) is 13.7. The first-order valence-corrected chi connectivity index (χ1v) is 5.32. The highest BCUT2D eigenvalue weighted by Crippen LogP contribution is 2.15. The Morgan fingerprint density at radius 2 is 2.06 bits per heavy atom. The SMILES string of the molecule is CN(CCO)Cc1c(O)c(=O)cc(CO)n1C. The minimum Gasteiger partial charge on any atom is -0.503 e. The molecule has 0 aromatic carbocycles. The fourth-order valence-corrected chi connectivity index (χ4v) is 1.63. The van der Waals surface area contributed by atoms with Gasteiger partial charge in [0, 0.05) is 31.9 Å². The molecule has 0 aliphatic rings. The smallest absolute Gasteiger partial charge is 0.223 e. The third-order valence-corrected chi connectivity index (χ3v) is 2.70. The molecule has 0 unspecified atom stereocenters. The zero-order valence-electron chi connectivity index (χ0n) is 10.1. The van der Waals surface area contributed by atoms with Crippen LogP contribution in [0.2, 0.25) is 0 Å². The topological polar surface area (TPSA) is 85.9 Å². The van der Waals surface area contributed by atoms with Gasteiger partial charge in [-0.2, -0.15) is 0 Å². The fourth-order valence-electron chi connectivity index (χ4n) is 1.63. The standard InChI is InChI=1S/C11H18N2O4/c1-12(3-4-14)6-9-11(17)10(16)5-8(7-15)13(9)2/h5,14-15,17H,3-4,6-7H2,1-2H3. The van der Waals surface area contributed by atoms with Crippen LogP contribution in [0.5, 0.6) is 5.75 Å². The van der Waals surface area contributed by atoms with Crippen LogP contribution in [0.1, 0.15) is 11.4 Å². The molecule has 0 spiro atoms. The lowest BCUT2D eigenvalue weighted by Gasteiger charge is -2.20. The Labute approximate surface area is 99.4 Å². The Balaban J connectivity index is 3.13. The molecule has 0 atom stereocenters. The average Bonchev–Trinajstić information content (AvgIpc) is 2.29. The van der Waals surface area contributed by atoms with E-state index >= 15 is 0 Å². The fraction of sp³-hybridized carbons (Fsp3) is 0.545. The van der Waals surface area contributed by atoms with Gasteiger partial charge in [0.1, 0.15) is 0 Å². The molecule has 1 rings (SSSR count). The average molecular weight is 242 g/mol. The van der Waals surface area contributed by atoms with E-state index in [9.17, 15) is 9.90 Å². The lowest BCUT2D eigenvalue weighted by atomic mass is 10.2. The molecule has 0 aliphatic carbocycles. The third kappa shape index (κ3) is 3.06. The summed E-state index contributed by atoms with van der Waals surface area (Å²) in [6, 6.07) is 1.21. The van der Waals surface area contributed by atoms with Crippen molar-refractivity contribution >= 4 is 0 Å². The van der Waals surface area contributed by atoms with E-state index in [1.807, 2.05) is 0 Å². The van der Waals surface area contributed by atoms with E-state index in [2.05, 4.69) is 0 Å². The van der Waals surface area contributed by atoms with E-state index in [1.165, 1.54) is 6.07 Å². The minimum absolute atomic E-state index is 0.00486. The van der Waals surface area contributed by atoms with Crippen LogP contribution in [0.15, 0.2) is 10.9 Å². The summed E-state index contributed by atoms with van der Waals surface area (Å²) in [5.41, 5.74) is 0.372. The van der Waals surface area contributed by atoms with Crippen LogP contribution in [0.4, 0.5) is 0 Å². The van der Waals surface area contributed by atoms with Gasteiger partial charge in [0.05, 0.1) is 18.9 Å². The highest BCUT2D eigenvalue weighted by atomic mass is 16.3. The van der Waals surface area contributed by atoms with Gasteiger partial charge in [-0.15, -0.1) is 0 Å². The summed E-state index contributed by atoms with van der Waals surface area (Å²) in [4.78, 5) is 13.2. The predicted octanol–water partition coefficient (Wildman–Crippen LogP) is -0.993. The number of hydrogen-bond acceptors (Lipinski definition) is 5. The Morgan fingerprint density at radius 3 is 2.59 bits per heavy atom. The van der Waals surface area contributed by atoms with Gasteiger partial charge in [-0.25, -0.2) is 0 Å². The summed E-state index contributed by atoms with van der Waals surface area (Å²) in [6.45, 7) is 0.511. The quantitative estimate of drug-likeness (QED) is 0.617. The molecule has 3 N–H and O–H groups in total. The summed E-state index contributed by atoms with van der Waals surface area (Å²) in [5, 5.41) is 27.6. The maximum absolute atomic E-state index is 11.5. The van der Waals surface area contributed by atoms with E-state index in [4.69, 9.17) is 10.2 Å². The zero-order valence-corrected chi connectivity index (χ0v) is 10.1. The number of aromatic nitrogens is 1. The predicted molar refractivity (Wildman–Crippen MR) is 62.7 cm³/mol. The highest BCUT2D eigenvalue weighted by molar-refractivity contribution is 5.29. The van der Waals surface area contributed by atoms with Crippen molar-refractivity contribution in [2.24, 2.45) is 7.05 Å². The second-order valence-electron chi connectivity index (χ2n) is 3.97. The molecule has 1 aromatic heterocycles. The minimum atomic E-state index is -0.500. The monoisotopic (exact) mass is 242 g/mol. The summed E-state index contributed by atoms with van der Waals surface area (Å²) >= 11 is 0. The zero-order chi connectivity index (χ0) is 13.0. The second-order valence-corrected chi connectivity index (χ2v) is 3.97. The number of rotatable bonds is 5. The molecule has 96 valence electrons. The number of likely N-dealkylation sites (N-methyl/N-ethyl adjacent to an activating group) is 1. The molecule has 0 radical (unpaired) electrons. The number of pyridine rings is 1. The summed E-state index contributed by atoms with van der Waals surface area (Å²) in [6.07, 6.45) is 0. The van der Waals surface area contributed by atoms with Crippen LogP contribution < -0.4 is 5.43 Å². The van der Waals surface area contributed by atoms with E-state index in [0.29, 0.717) is 24.5 Å². The Bertz CT molecular complexity index is 442. The van der Waals surface area contributed by atoms with Crippen LogP contribution in [0.3, 0.4) is 0 Å². The lowest BCUT2D eigenvalue weighted by molar-refractivity contribution is 0.211. The Morgan fingerprint density at radius 1 is 1.41 bits per heavy atom. The van der Waals surface area contributed by atoms with Crippen molar-refractivity contribution in [3.05, 3.63) is 27.7 Å². The van der Waals surface area contributed by atoms with E-state index < -0.39 is 5.43 Å². The van der Waals surface area contributed by atoms with Gasteiger partial charge in [0.25, 0.3) is 0 Å².